The van der Waals surface area contributed by atoms with Gasteiger partial charge in [-0.05, 0) is 18.2 Å². The molecule has 0 fully saturated rings. The van der Waals surface area contributed by atoms with E-state index in [4.69, 9.17) is 9.47 Å². The summed E-state index contributed by atoms with van der Waals surface area (Å²) < 4.78 is 11.4. The number of hydrogen-bond acceptors (Lipinski definition) is 3. The molecule has 0 aromatic heterocycles. The Morgan fingerprint density at radius 2 is 2.06 bits per heavy atom. The maximum atomic E-state index is 11.3. The second-order valence-corrected chi connectivity index (χ2v) is 4.29. The standard InChI is InChI=1S/C11H14BrNO3/c1-13(2)11(14)7-16-10-6-8(12)4-5-9(10)15-3/h4-6H,7H2,1-3H3. The van der Waals surface area contributed by atoms with E-state index in [0.717, 1.165) is 4.47 Å². The Balaban J connectivity index is 2.72. The van der Waals surface area contributed by atoms with Crippen LogP contribution in [-0.2, 0) is 4.79 Å². The lowest BCUT2D eigenvalue weighted by atomic mass is 10.3. The predicted molar refractivity (Wildman–Crippen MR) is 64.9 cm³/mol. The molecule has 4 nitrogen and oxygen atoms in total. The first-order chi connectivity index (χ1) is 7.54. The minimum Gasteiger partial charge on any atom is -0.493 e. The summed E-state index contributed by atoms with van der Waals surface area (Å²) in [6, 6.07) is 5.39. The number of rotatable bonds is 4. The molecular formula is C11H14BrNO3. The van der Waals surface area contributed by atoms with Gasteiger partial charge < -0.3 is 14.4 Å². The third kappa shape index (κ3) is 3.41. The smallest absolute Gasteiger partial charge is 0.259 e. The van der Waals surface area contributed by atoms with Crippen LogP contribution in [0.15, 0.2) is 22.7 Å². The third-order valence-corrected chi connectivity index (χ3v) is 2.47. The fourth-order valence-electron chi connectivity index (χ4n) is 1.03. The number of ether oxygens (including phenoxy) is 2. The highest BCUT2D eigenvalue weighted by Gasteiger charge is 2.09. The number of carbonyl (C=O) groups is 1. The monoisotopic (exact) mass is 287 g/mol. The lowest BCUT2D eigenvalue weighted by molar-refractivity contribution is -0.130. The zero-order chi connectivity index (χ0) is 12.1. The van der Waals surface area contributed by atoms with Gasteiger partial charge in [0.15, 0.2) is 18.1 Å². The lowest BCUT2D eigenvalue weighted by Crippen LogP contribution is -2.27. The number of methoxy groups -OCH3 is 1. The first kappa shape index (κ1) is 12.8. The van der Waals surface area contributed by atoms with E-state index in [2.05, 4.69) is 15.9 Å². The molecule has 16 heavy (non-hydrogen) atoms. The number of nitrogens with zero attached hydrogens (tertiary/aromatic N) is 1. The molecule has 5 heteroatoms. The molecule has 88 valence electrons. The van der Waals surface area contributed by atoms with Crippen molar-refractivity contribution in [1.29, 1.82) is 0 Å². The zero-order valence-electron chi connectivity index (χ0n) is 9.49. The SMILES string of the molecule is COc1ccc(Br)cc1OCC(=O)N(C)C. The summed E-state index contributed by atoms with van der Waals surface area (Å²) in [5.74, 6) is 1.06. The van der Waals surface area contributed by atoms with E-state index in [9.17, 15) is 4.79 Å². The van der Waals surface area contributed by atoms with E-state index in [1.54, 1.807) is 33.3 Å². The van der Waals surface area contributed by atoms with Gasteiger partial charge in [-0.3, -0.25) is 4.79 Å². The topological polar surface area (TPSA) is 38.8 Å². The van der Waals surface area contributed by atoms with E-state index < -0.39 is 0 Å². The largest absolute Gasteiger partial charge is 0.493 e. The van der Waals surface area contributed by atoms with Crippen LogP contribution in [-0.4, -0.2) is 38.6 Å². The van der Waals surface area contributed by atoms with E-state index in [-0.39, 0.29) is 12.5 Å². The second-order valence-electron chi connectivity index (χ2n) is 3.37. The van der Waals surface area contributed by atoms with Crippen molar-refractivity contribution >= 4 is 21.8 Å². The molecule has 1 amide bonds. The second kappa shape index (κ2) is 5.75. The van der Waals surface area contributed by atoms with Gasteiger partial charge >= 0.3 is 0 Å². The van der Waals surface area contributed by atoms with Gasteiger partial charge in [0.05, 0.1) is 7.11 Å². The third-order valence-electron chi connectivity index (χ3n) is 1.98. The maximum Gasteiger partial charge on any atom is 0.259 e. The minimum absolute atomic E-state index is 0.000185. The van der Waals surface area contributed by atoms with E-state index >= 15 is 0 Å². The van der Waals surface area contributed by atoms with Crippen molar-refractivity contribution in [3.8, 4) is 11.5 Å². The average Bonchev–Trinajstić information content (AvgIpc) is 2.25. The zero-order valence-corrected chi connectivity index (χ0v) is 11.1. The van der Waals surface area contributed by atoms with Gasteiger partial charge in [-0.25, -0.2) is 0 Å². The Kier molecular flexibility index (Phi) is 4.61. The number of halogens is 1. The van der Waals surface area contributed by atoms with Gasteiger partial charge in [-0.15, -0.1) is 0 Å². The summed E-state index contributed by atoms with van der Waals surface area (Å²) in [5, 5.41) is 0. The molecule has 0 unspecified atom stereocenters. The minimum atomic E-state index is -0.0953. The van der Waals surface area contributed by atoms with Crippen molar-refractivity contribution in [3.63, 3.8) is 0 Å². The molecule has 0 saturated carbocycles. The summed E-state index contributed by atoms with van der Waals surface area (Å²) in [7, 11) is 4.93. The molecular weight excluding hydrogens is 274 g/mol. The molecule has 0 spiro atoms. The van der Waals surface area contributed by atoms with Crippen molar-refractivity contribution in [2.45, 2.75) is 0 Å². The van der Waals surface area contributed by atoms with Gasteiger partial charge in [0.25, 0.3) is 5.91 Å². The number of hydrogen-bond donors (Lipinski definition) is 0. The molecule has 0 heterocycles. The first-order valence-corrected chi connectivity index (χ1v) is 5.50. The Morgan fingerprint density at radius 1 is 1.38 bits per heavy atom. The number of benzene rings is 1. The molecule has 0 radical (unpaired) electrons. The number of amides is 1. The molecule has 0 bridgehead atoms. The molecule has 0 saturated heterocycles. The average molecular weight is 288 g/mol. The van der Waals surface area contributed by atoms with Crippen LogP contribution in [0.5, 0.6) is 11.5 Å². The highest BCUT2D eigenvalue weighted by molar-refractivity contribution is 9.10. The fourth-order valence-corrected chi connectivity index (χ4v) is 1.37. The molecule has 1 rings (SSSR count). The summed E-state index contributed by atoms with van der Waals surface area (Å²) in [4.78, 5) is 12.8. The summed E-state index contributed by atoms with van der Waals surface area (Å²) in [6.45, 7) is -0.000185. The predicted octanol–water partition coefficient (Wildman–Crippen LogP) is 1.92. The highest BCUT2D eigenvalue weighted by Crippen LogP contribution is 2.30. The van der Waals surface area contributed by atoms with Crippen molar-refractivity contribution in [1.82, 2.24) is 4.90 Å². The molecule has 0 aliphatic carbocycles. The molecule has 0 N–H and O–H groups in total. The first-order valence-electron chi connectivity index (χ1n) is 4.71. The Labute approximate surface area is 103 Å². The normalized spacial score (nSPS) is 9.75. The van der Waals surface area contributed by atoms with Crippen LogP contribution in [0.3, 0.4) is 0 Å². The molecule has 0 aliphatic heterocycles. The molecule has 1 aromatic carbocycles. The van der Waals surface area contributed by atoms with Crippen molar-refractivity contribution < 1.29 is 14.3 Å². The van der Waals surface area contributed by atoms with E-state index in [1.807, 2.05) is 6.07 Å². The van der Waals surface area contributed by atoms with Gasteiger partial charge in [-0.1, -0.05) is 15.9 Å². The van der Waals surface area contributed by atoms with Gasteiger partial charge in [-0.2, -0.15) is 0 Å². The van der Waals surface area contributed by atoms with Crippen molar-refractivity contribution in [3.05, 3.63) is 22.7 Å². The Hall–Kier alpha value is -1.23. The van der Waals surface area contributed by atoms with Crippen LogP contribution in [0, 0.1) is 0 Å². The lowest BCUT2D eigenvalue weighted by Gasteiger charge is -2.13. The van der Waals surface area contributed by atoms with Gasteiger partial charge in [0.1, 0.15) is 0 Å². The quantitative estimate of drug-likeness (QED) is 0.849. The Morgan fingerprint density at radius 3 is 2.62 bits per heavy atom. The summed E-state index contributed by atoms with van der Waals surface area (Å²) in [5.41, 5.74) is 0. The number of carbonyl (C=O) groups excluding carboxylic acids is 1. The van der Waals surface area contributed by atoms with Crippen LogP contribution < -0.4 is 9.47 Å². The summed E-state index contributed by atoms with van der Waals surface area (Å²) >= 11 is 3.33. The van der Waals surface area contributed by atoms with E-state index in [1.165, 1.54) is 4.90 Å². The van der Waals surface area contributed by atoms with Crippen molar-refractivity contribution in [2.75, 3.05) is 27.8 Å². The van der Waals surface area contributed by atoms with Crippen LogP contribution >= 0.6 is 15.9 Å². The fraction of sp³-hybridized carbons (Fsp3) is 0.364. The van der Waals surface area contributed by atoms with Crippen molar-refractivity contribution in [2.24, 2.45) is 0 Å². The molecule has 1 aromatic rings. The van der Waals surface area contributed by atoms with Gasteiger partial charge in [0, 0.05) is 18.6 Å². The summed E-state index contributed by atoms with van der Waals surface area (Å²) in [6.07, 6.45) is 0. The van der Waals surface area contributed by atoms with Crippen LogP contribution in [0.4, 0.5) is 0 Å². The van der Waals surface area contributed by atoms with Crippen LogP contribution in [0.1, 0.15) is 0 Å². The molecule has 0 aliphatic rings. The van der Waals surface area contributed by atoms with E-state index in [0.29, 0.717) is 11.5 Å². The Bertz CT molecular complexity index is 379. The maximum absolute atomic E-state index is 11.3. The van der Waals surface area contributed by atoms with Gasteiger partial charge in [0.2, 0.25) is 0 Å². The highest BCUT2D eigenvalue weighted by atomic mass is 79.9. The molecule has 0 atom stereocenters. The van der Waals surface area contributed by atoms with Crippen LogP contribution in [0.25, 0.3) is 0 Å². The van der Waals surface area contributed by atoms with Crippen LogP contribution in [0.2, 0.25) is 0 Å². The number of likely N-dealkylation sites (N-methyl/N-ethyl adjacent to an activating group) is 1.